The van der Waals surface area contributed by atoms with Crippen molar-refractivity contribution < 1.29 is 15.0 Å². The minimum Gasteiger partial charge on any atom is -0.394 e. The van der Waals surface area contributed by atoms with Crippen molar-refractivity contribution in [1.29, 1.82) is 0 Å². The molecule has 0 bridgehead atoms. The van der Waals surface area contributed by atoms with Crippen LogP contribution < -0.4 is 5.32 Å². The van der Waals surface area contributed by atoms with Gasteiger partial charge < -0.3 is 15.5 Å². The third kappa shape index (κ3) is 32.1. The van der Waals surface area contributed by atoms with Gasteiger partial charge in [0.05, 0.1) is 18.8 Å². The van der Waals surface area contributed by atoms with Crippen molar-refractivity contribution in [2.24, 2.45) is 0 Å². The van der Waals surface area contributed by atoms with Gasteiger partial charge >= 0.3 is 0 Å². The van der Waals surface area contributed by atoms with E-state index in [9.17, 15) is 15.0 Å². The number of aliphatic hydroxyl groups excluding tert-OH is 2. The quantitative estimate of drug-likeness (QED) is 0.0505. The largest absolute Gasteiger partial charge is 0.394 e. The lowest BCUT2D eigenvalue weighted by molar-refractivity contribution is -0.123. The summed E-state index contributed by atoms with van der Waals surface area (Å²) in [5, 5.41) is 22.9. The highest BCUT2D eigenvalue weighted by molar-refractivity contribution is 5.76. The van der Waals surface area contributed by atoms with Crippen LogP contribution in [0.1, 0.15) is 200 Å². The van der Waals surface area contributed by atoms with Gasteiger partial charge in [0.15, 0.2) is 0 Å². The Balaban J connectivity index is 3.62. The molecular weight excluding hydrogens is 530 g/mol. The molecule has 0 fully saturated rings. The number of aliphatic hydroxyl groups is 2. The Kier molecular flexibility index (Phi) is 34.4. The number of rotatable bonds is 34. The van der Waals surface area contributed by atoms with Crippen molar-refractivity contribution in [2.75, 3.05) is 6.61 Å². The van der Waals surface area contributed by atoms with E-state index < -0.39 is 12.1 Å². The maximum atomic E-state index is 12.3. The Hall–Kier alpha value is -1.13. The summed E-state index contributed by atoms with van der Waals surface area (Å²) in [6.45, 7) is 4.30. The van der Waals surface area contributed by atoms with Crippen LogP contribution in [0.25, 0.3) is 0 Å². The molecule has 4 heteroatoms. The van der Waals surface area contributed by atoms with E-state index in [1.807, 2.05) is 6.08 Å². The van der Waals surface area contributed by atoms with Gasteiger partial charge in [-0.3, -0.25) is 4.79 Å². The fourth-order valence-electron chi connectivity index (χ4n) is 5.70. The van der Waals surface area contributed by atoms with Crippen LogP contribution >= 0.6 is 0 Å². The van der Waals surface area contributed by atoms with Crippen LogP contribution in [0.5, 0.6) is 0 Å². The first-order chi connectivity index (χ1) is 21.2. The van der Waals surface area contributed by atoms with Crippen molar-refractivity contribution in [2.45, 2.75) is 212 Å². The van der Waals surface area contributed by atoms with Gasteiger partial charge in [-0.2, -0.15) is 0 Å². The summed E-state index contributed by atoms with van der Waals surface area (Å²) in [5.74, 6) is -0.0729. The normalized spacial score (nSPS) is 13.3. The van der Waals surface area contributed by atoms with Crippen LogP contribution in [0.3, 0.4) is 0 Å². The maximum absolute atomic E-state index is 12.3. The first kappa shape index (κ1) is 41.9. The molecule has 0 aromatic carbocycles. The third-order valence-electron chi connectivity index (χ3n) is 8.68. The van der Waals surface area contributed by atoms with Gasteiger partial charge in [-0.25, -0.2) is 0 Å². The van der Waals surface area contributed by atoms with Crippen molar-refractivity contribution >= 4 is 5.91 Å². The standard InChI is InChI=1S/C39H75NO3/c1-3-5-7-9-11-13-15-17-19-21-23-25-27-29-31-33-35-39(43)40-37(36-41)38(42)34-32-30-28-26-24-22-20-18-16-14-12-10-8-6-4-2/h19,21,32,34,37-38,41-42H,3-18,20,22-31,33,35-36H2,1-2H3,(H,40,43)/b21-19-,34-32+. The van der Waals surface area contributed by atoms with E-state index >= 15 is 0 Å². The van der Waals surface area contributed by atoms with Gasteiger partial charge in [0, 0.05) is 6.42 Å². The summed E-state index contributed by atoms with van der Waals surface area (Å²) in [6.07, 6.45) is 44.0. The van der Waals surface area contributed by atoms with Crippen molar-refractivity contribution in [3.63, 3.8) is 0 Å². The third-order valence-corrected chi connectivity index (χ3v) is 8.68. The lowest BCUT2D eigenvalue weighted by atomic mass is 10.0. The fraction of sp³-hybridized carbons (Fsp3) is 0.872. The maximum Gasteiger partial charge on any atom is 0.220 e. The summed E-state index contributed by atoms with van der Waals surface area (Å²) in [4.78, 5) is 12.3. The Morgan fingerprint density at radius 3 is 1.28 bits per heavy atom. The number of unbranched alkanes of at least 4 members (excludes halogenated alkanes) is 25. The molecule has 1 amide bonds. The topological polar surface area (TPSA) is 69.6 Å². The molecule has 0 heterocycles. The van der Waals surface area contributed by atoms with Gasteiger partial charge in [0.1, 0.15) is 0 Å². The molecule has 0 aliphatic rings. The number of amides is 1. The minimum absolute atomic E-state index is 0.0729. The molecule has 0 aliphatic carbocycles. The second-order valence-corrected chi connectivity index (χ2v) is 13.0. The molecule has 4 nitrogen and oxygen atoms in total. The highest BCUT2D eigenvalue weighted by atomic mass is 16.3. The highest BCUT2D eigenvalue weighted by Gasteiger charge is 2.17. The Labute approximate surface area is 269 Å². The highest BCUT2D eigenvalue weighted by Crippen LogP contribution is 2.14. The molecule has 2 unspecified atom stereocenters. The molecule has 0 aromatic rings. The molecular formula is C39H75NO3. The molecule has 0 spiro atoms. The van der Waals surface area contributed by atoms with Crippen molar-refractivity contribution in [3.8, 4) is 0 Å². The first-order valence-electron chi connectivity index (χ1n) is 19.1. The van der Waals surface area contributed by atoms with Crippen LogP contribution in [0, 0.1) is 0 Å². The van der Waals surface area contributed by atoms with E-state index in [2.05, 4.69) is 31.3 Å². The monoisotopic (exact) mass is 606 g/mol. The van der Waals surface area contributed by atoms with Crippen molar-refractivity contribution in [3.05, 3.63) is 24.3 Å². The number of nitrogens with one attached hydrogen (secondary N) is 1. The van der Waals surface area contributed by atoms with Gasteiger partial charge in [-0.1, -0.05) is 173 Å². The molecule has 254 valence electrons. The van der Waals surface area contributed by atoms with E-state index in [1.54, 1.807) is 6.08 Å². The van der Waals surface area contributed by atoms with Gasteiger partial charge in [0.2, 0.25) is 5.91 Å². The van der Waals surface area contributed by atoms with Crippen LogP contribution in [-0.4, -0.2) is 34.9 Å². The number of allylic oxidation sites excluding steroid dienone is 3. The van der Waals surface area contributed by atoms with Gasteiger partial charge in [-0.05, 0) is 44.9 Å². The number of hydrogen-bond acceptors (Lipinski definition) is 3. The minimum atomic E-state index is -0.838. The van der Waals surface area contributed by atoms with E-state index in [-0.39, 0.29) is 12.5 Å². The Morgan fingerprint density at radius 1 is 0.535 bits per heavy atom. The summed E-state index contributed by atoms with van der Waals surface area (Å²) in [7, 11) is 0. The Morgan fingerprint density at radius 2 is 0.884 bits per heavy atom. The second kappa shape index (κ2) is 35.4. The SMILES string of the molecule is CCCCCCCCC/C=C\CCCCCCCC(=O)NC(CO)C(O)/C=C/CCCCCCCCCCCCCCC. The molecule has 0 rings (SSSR count). The smallest absolute Gasteiger partial charge is 0.220 e. The molecule has 43 heavy (non-hydrogen) atoms. The Bertz CT molecular complexity index is 618. The molecule has 0 saturated heterocycles. The predicted octanol–water partition coefficient (Wildman–Crippen LogP) is 11.3. The van der Waals surface area contributed by atoms with Gasteiger partial charge in [-0.15, -0.1) is 0 Å². The zero-order valence-corrected chi connectivity index (χ0v) is 29.0. The molecule has 0 aliphatic heterocycles. The molecule has 3 N–H and O–H groups in total. The van der Waals surface area contributed by atoms with Crippen molar-refractivity contribution in [1.82, 2.24) is 5.32 Å². The van der Waals surface area contributed by atoms with E-state index in [4.69, 9.17) is 0 Å². The lowest BCUT2D eigenvalue weighted by Crippen LogP contribution is -2.45. The zero-order chi connectivity index (χ0) is 31.5. The predicted molar refractivity (Wildman–Crippen MR) is 189 cm³/mol. The van der Waals surface area contributed by atoms with E-state index in [0.717, 1.165) is 32.1 Å². The first-order valence-corrected chi connectivity index (χ1v) is 19.1. The summed E-state index contributed by atoms with van der Waals surface area (Å²) in [6, 6.07) is -0.622. The number of carbonyl (C=O) groups excluding carboxylic acids is 1. The molecule has 0 radical (unpaired) electrons. The molecule has 0 aromatic heterocycles. The van der Waals surface area contributed by atoms with Crippen LogP contribution in [0.4, 0.5) is 0 Å². The van der Waals surface area contributed by atoms with Gasteiger partial charge in [0.25, 0.3) is 0 Å². The van der Waals surface area contributed by atoms with E-state index in [0.29, 0.717) is 6.42 Å². The summed E-state index contributed by atoms with van der Waals surface area (Å²) in [5.41, 5.74) is 0. The van der Waals surface area contributed by atoms with E-state index in [1.165, 1.54) is 148 Å². The lowest BCUT2D eigenvalue weighted by Gasteiger charge is -2.20. The summed E-state index contributed by atoms with van der Waals surface area (Å²) >= 11 is 0. The van der Waals surface area contributed by atoms with Crippen LogP contribution in [0.15, 0.2) is 24.3 Å². The summed E-state index contributed by atoms with van der Waals surface area (Å²) < 4.78 is 0. The van der Waals surface area contributed by atoms with Crippen LogP contribution in [-0.2, 0) is 4.79 Å². The number of hydrogen-bond donors (Lipinski definition) is 3. The second-order valence-electron chi connectivity index (χ2n) is 13.0. The fourth-order valence-corrected chi connectivity index (χ4v) is 5.70. The zero-order valence-electron chi connectivity index (χ0n) is 29.0. The number of carbonyl (C=O) groups is 1. The molecule has 2 atom stereocenters. The molecule has 0 saturated carbocycles. The average Bonchev–Trinajstić information content (AvgIpc) is 3.01. The van der Waals surface area contributed by atoms with Crippen LogP contribution in [0.2, 0.25) is 0 Å². The average molecular weight is 606 g/mol.